The second-order valence-electron chi connectivity index (χ2n) is 4.95. The molecule has 0 aliphatic heterocycles. The Morgan fingerprint density at radius 3 is 2.25 bits per heavy atom. The lowest BCUT2D eigenvalue weighted by Crippen LogP contribution is -2.01. The lowest BCUT2D eigenvalue weighted by atomic mass is 9.96. The van der Waals surface area contributed by atoms with Crippen LogP contribution in [0.2, 0.25) is 0 Å². The molecule has 0 aromatic heterocycles. The molecule has 2 rings (SSSR count). The molecular weight excluding hydrogens is 248 g/mol. The molecule has 2 aromatic rings. The molecule has 0 radical (unpaired) electrons. The number of aryl methyl sites for hydroxylation is 2. The molecule has 0 fully saturated rings. The molecule has 0 saturated carbocycles. The summed E-state index contributed by atoms with van der Waals surface area (Å²) in [6.07, 6.45) is 2.67. The van der Waals surface area contributed by atoms with Crippen molar-refractivity contribution in [2.24, 2.45) is 0 Å². The maximum atomic E-state index is 11.1. The highest BCUT2D eigenvalue weighted by Crippen LogP contribution is 2.28. The van der Waals surface area contributed by atoms with Crippen molar-refractivity contribution < 1.29 is 9.53 Å². The minimum Gasteiger partial charge on any atom is -0.496 e. The molecule has 0 heterocycles. The Hall–Kier alpha value is -2.09. The van der Waals surface area contributed by atoms with Crippen LogP contribution in [0.3, 0.4) is 0 Å². The zero-order chi connectivity index (χ0) is 14.5. The molecule has 2 aromatic carbocycles. The first kappa shape index (κ1) is 14.3. The van der Waals surface area contributed by atoms with E-state index in [1.807, 2.05) is 19.1 Å². The quantitative estimate of drug-likeness (QED) is 0.767. The fraction of sp³-hybridized carbons (Fsp3) is 0.278. The van der Waals surface area contributed by atoms with Gasteiger partial charge in [-0.25, -0.2) is 0 Å². The van der Waals surface area contributed by atoms with Gasteiger partial charge in [-0.15, -0.1) is 0 Å². The summed E-state index contributed by atoms with van der Waals surface area (Å²) in [6.45, 7) is 4.20. The van der Waals surface area contributed by atoms with E-state index in [0.717, 1.165) is 30.3 Å². The average Bonchev–Trinajstić information content (AvgIpc) is 2.49. The first-order valence-corrected chi connectivity index (χ1v) is 6.89. The molecule has 0 spiro atoms. The second kappa shape index (κ2) is 6.38. The van der Waals surface area contributed by atoms with E-state index in [0.29, 0.717) is 11.3 Å². The fourth-order valence-corrected chi connectivity index (χ4v) is 2.39. The minimum atomic E-state index is 0.610. The van der Waals surface area contributed by atoms with Gasteiger partial charge in [-0.05, 0) is 36.1 Å². The third kappa shape index (κ3) is 2.90. The summed E-state index contributed by atoms with van der Waals surface area (Å²) < 4.78 is 5.43. The topological polar surface area (TPSA) is 26.3 Å². The number of carbonyl (C=O) groups is 1. The number of rotatable bonds is 5. The van der Waals surface area contributed by atoms with Crippen LogP contribution in [0.4, 0.5) is 0 Å². The molecule has 104 valence electrons. The Labute approximate surface area is 120 Å². The first-order valence-electron chi connectivity index (χ1n) is 6.89. The van der Waals surface area contributed by atoms with E-state index in [4.69, 9.17) is 4.74 Å². The number of ether oxygens (including phenoxy) is 1. The lowest BCUT2D eigenvalue weighted by molar-refractivity contribution is 0.112. The summed E-state index contributed by atoms with van der Waals surface area (Å²) in [7, 11) is 1.62. The predicted molar refractivity (Wildman–Crippen MR) is 81.7 cm³/mol. The van der Waals surface area contributed by atoms with E-state index in [1.165, 1.54) is 11.1 Å². The average molecular weight is 268 g/mol. The summed E-state index contributed by atoms with van der Waals surface area (Å²) in [5, 5.41) is 0. The van der Waals surface area contributed by atoms with E-state index in [9.17, 15) is 4.79 Å². The third-order valence-corrected chi connectivity index (χ3v) is 3.67. The van der Waals surface area contributed by atoms with Crippen LogP contribution in [0.25, 0.3) is 0 Å². The van der Waals surface area contributed by atoms with E-state index in [1.54, 1.807) is 7.11 Å². The third-order valence-electron chi connectivity index (χ3n) is 3.67. The Morgan fingerprint density at radius 1 is 1.05 bits per heavy atom. The number of hydrogen-bond donors (Lipinski definition) is 0. The molecule has 0 bridgehead atoms. The molecule has 0 aliphatic carbocycles. The molecular formula is C18H20O2. The Kier molecular flexibility index (Phi) is 4.57. The highest BCUT2D eigenvalue weighted by Gasteiger charge is 2.12. The molecule has 20 heavy (non-hydrogen) atoms. The van der Waals surface area contributed by atoms with Gasteiger partial charge in [0, 0.05) is 12.0 Å². The van der Waals surface area contributed by atoms with E-state index >= 15 is 0 Å². The van der Waals surface area contributed by atoms with Crippen molar-refractivity contribution in [1.82, 2.24) is 0 Å². The van der Waals surface area contributed by atoms with E-state index in [2.05, 4.69) is 31.2 Å². The molecule has 0 aliphatic rings. The lowest BCUT2D eigenvalue weighted by Gasteiger charge is -2.14. The Balaban J connectivity index is 2.38. The van der Waals surface area contributed by atoms with Crippen LogP contribution in [-0.2, 0) is 12.8 Å². The zero-order valence-electron chi connectivity index (χ0n) is 12.3. The van der Waals surface area contributed by atoms with Gasteiger partial charge in [0.15, 0.2) is 6.29 Å². The smallest absolute Gasteiger partial charge is 0.153 e. The zero-order valence-corrected chi connectivity index (χ0v) is 12.3. The molecule has 0 amide bonds. The number of aldehydes is 1. The summed E-state index contributed by atoms with van der Waals surface area (Å²) in [4.78, 5) is 11.1. The fourth-order valence-electron chi connectivity index (χ4n) is 2.39. The highest BCUT2D eigenvalue weighted by molar-refractivity contribution is 5.80. The van der Waals surface area contributed by atoms with Crippen LogP contribution >= 0.6 is 0 Å². The van der Waals surface area contributed by atoms with Crippen LogP contribution in [0.15, 0.2) is 36.4 Å². The summed E-state index contributed by atoms with van der Waals surface area (Å²) in [5.74, 6) is 0.694. The standard InChI is InChI=1S/C18H20O2/c1-4-14-6-8-15(9-7-14)11-17-13(2)5-10-16(12-19)18(17)20-3/h5-10,12H,4,11H2,1-3H3. The molecule has 0 N–H and O–H groups in total. The maximum absolute atomic E-state index is 11.1. The predicted octanol–water partition coefficient (Wildman–Crippen LogP) is 3.97. The highest BCUT2D eigenvalue weighted by atomic mass is 16.5. The van der Waals surface area contributed by atoms with Gasteiger partial charge in [-0.2, -0.15) is 0 Å². The molecule has 0 saturated heterocycles. The molecule has 0 atom stereocenters. The van der Waals surface area contributed by atoms with Gasteiger partial charge in [0.2, 0.25) is 0 Å². The van der Waals surface area contributed by atoms with Crippen LogP contribution in [0.5, 0.6) is 5.75 Å². The van der Waals surface area contributed by atoms with E-state index in [-0.39, 0.29) is 0 Å². The van der Waals surface area contributed by atoms with Crippen LogP contribution in [-0.4, -0.2) is 13.4 Å². The van der Waals surface area contributed by atoms with Crippen molar-refractivity contribution in [2.45, 2.75) is 26.7 Å². The molecule has 0 unspecified atom stereocenters. The number of hydrogen-bond acceptors (Lipinski definition) is 2. The number of methoxy groups -OCH3 is 1. The van der Waals surface area contributed by atoms with Gasteiger partial charge >= 0.3 is 0 Å². The van der Waals surface area contributed by atoms with Gasteiger partial charge in [0.25, 0.3) is 0 Å². The summed E-state index contributed by atoms with van der Waals surface area (Å²) in [6, 6.07) is 12.4. The number of carbonyl (C=O) groups excluding carboxylic acids is 1. The van der Waals surface area contributed by atoms with Gasteiger partial charge in [-0.1, -0.05) is 37.3 Å². The van der Waals surface area contributed by atoms with Crippen molar-refractivity contribution in [1.29, 1.82) is 0 Å². The van der Waals surface area contributed by atoms with Crippen LogP contribution in [0, 0.1) is 6.92 Å². The van der Waals surface area contributed by atoms with E-state index < -0.39 is 0 Å². The first-order chi connectivity index (χ1) is 9.69. The van der Waals surface area contributed by atoms with Crippen molar-refractivity contribution >= 4 is 6.29 Å². The van der Waals surface area contributed by atoms with Crippen molar-refractivity contribution in [3.63, 3.8) is 0 Å². The van der Waals surface area contributed by atoms with Gasteiger partial charge in [0.1, 0.15) is 5.75 Å². The molecule has 2 nitrogen and oxygen atoms in total. The SMILES string of the molecule is CCc1ccc(Cc2c(C)ccc(C=O)c2OC)cc1. The molecule has 2 heteroatoms. The summed E-state index contributed by atoms with van der Waals surface area (Å²) >= 11 is 0. The Bertz CT molecular complexity index is 598. The summed E-state index contributed by atoms with van der Waals surface area (Å²) in [5.41, 5.74) is 5.40. The normalized spacial score (nSPS) is 10.3. The Morgan fingerprint density at radius 2 is 1.70 bits per heavy atom. The van der Waals surface area contributed by atoms with Crippen LogP contribution < -0.4 is 4.74 Å². The van der Waals surface area contributed by atoms with Crippen molar-refractivity contribution in [3.8, 4) is 5.75 Å². The maximum Gasteiger partial charge on any atom is 0.153 e. The van der Waals surface area contributed by atoms with Gasteiger partial charge in [-0.3, -0.25) is 4.79 Å². The minimum absolute atomic E-state index is 0.610. The van der Waals surface area contributed by atoms with Gasteiger partial charge in [0.05, 0.1) is 12.7 Å². The number of benzene rings is 2. The second-order valence-corrected chi connectivity index (χ2v) is 4.95. The monoisotopic (exact) mass is 268 g/mol. The van der Waals surface area contributed by atoms with Gasteiger partial charge < -0.3 is 4.74 Å². The van der Waals surface area contributed by atoms with Crippen molar-refractivity contribution in [2.75, 3.05) is 7.11 Å². The van der Waals surface area contributed by atoms with Crippen LogP contribution in [0.1, 0.15) is 39.5 Å². The largest absolute Gasteiger partial charge is 0.496 e. The van der Waals surface area contributed by atoms with Crippen molar-refractivity contribution in [3.05, 3.63) is 64.2 Å².